The highest BCUT2D eigenvalue weighted by Crippen LogP contribution is 2.41. The highest BCUT2D eigenvalue weighted by atomic mass is 19.4. The summed E-state index contributed by atoms with van der Waals surface area (Å²) in [4.78, 5) is 12.0. The maximum absolute atomic E-state index is 15.0. The van der Waals surface area contributed by atoms with Crippen LogP contribution in [0.4, 0.5) is 23.4 Å². The number of carbonyl (C=O) groups is 1. The van der Waals surface area contributed by atoms with Gasteiger partial charge in [-0.2, -0.15) is 18.3 Å². The summed E-state index contributed by atoms with van der Waals surface area (Å²) < 4.78 is 65.3. The van der Waals surface area contributed by atoms with Gasteiger partial charge in [0.2, 0.25) is 5.91 Å². The Bertz CT molecular complexity index is 1130. The molecule has 1 aliphatic rings. The Balaban J connectivity index is 1.64. The summed E-state index contributed by atoms with van der Waals surface area (Å²) >= 11 is 0. The van der Waals surface area contributed by atoms with E-state index in [1.807, 2.05) is 0 Å². The number of amides is 1. The van der Waals surface area contributed by atoms with Gasteiger partial charge in [-0.15, -0.1) is 0 Å². The third-order valence-corrected chi connectivity index (χ3v) is 5.06. The number of rotatable bonds is 5. The molecule has 162 valence electrons. The van der Waals surface area contributed by atoms with Gasteiger partial charge in [0.25, 0.3) is 0 Å². The van der Waals surface area contributed by atoms with Crippen molar-refractivity contribution in [1.82, 2.24) is 10.2 Å². The van der Waals surface area contributed by atoms with Crippen LogP contribution in [0.25, 0.3) is 0 Å². The van der Waals surface area contributed by atoms with Crippen molar-refractivity contribution in [3.05, 3.63) is 70.7 Å². The Morgan fingerprint density at radius 1 is 1.16 bits per heavy atom. The Morgan fingerprint density at radius 2 is 1.94 bits per heavy atom. The predicted molar refractivity (Wildman–Crippen MR) is 102 cm³/mol. The zero-order chi connectivity index (χ0) is 22.2. The summed E-state index contributed by atoms with van der Waals surface area (Å²) in [7, 11) is 1.34. The molecule has 10 heteroatoms. The number of anilines is 1. The molecule has 0 saturated carbocycles. The van der Waals surface area contributed by atoms with Gasteiger partial charge in [-0.3, -0.25) is 9.89 Å². The third kappa shape index (κ3) is 4.05. The lowest BCUT2D eigenvalue weighted by Gasteiger charge is -2.24. The van der Waals surface area contributed by atoms with Gasteiger partial charge in [0.15, 0.2) is 11.5 Å². The molecule has 0 saturated heterocycles. The Hall–Kier alpha value is -3.56. The van der Waals surface area contributed by atoms with Crippen molar-refractivity contribution in [2.75, 3.05) is 12.4 Å². The molecule has 31 heavy (non-hydrogen) atoms. The van der Waals surface area contributed by atoms with Crippen LogP contribution in [0.15, 0.2) is 42.6 Å². The van der Waals surface area contributed by atoms with E-state index >= 15 is 0 Å². The normalized spacial score (nSPS) is 15.9. The molecule has 6 nitrogen and oxygen atoms in total. The van der Waals surface area contributed by atoms with E-state index in [1.165, 1.54) is 37.6 Å². The number of carbonyl (C=O) groups excluding carboxylic acids is 1. The van der Waals surface area contributed by atoms with E-state index in [2.05, 4.69) is 15.5 Å². The van der Waals surface area contributed by atoms with E-state index in [-0.39, 0.29) is 35.0 Å². The maximum Gasteiger partial charge on any atom is 0.416 e. The summed E-state index contributed by atoms with van der Waals surface area (Å²) in [5, 5.41) is 9.16. The number of aromatic amines is 1. The van der Waals surface area contributed by atoms with Crippen LogP contribution in [0, 0.1) is 5.82 Å². The second kappa shape index (κ2) is 7.93. The first-order valence-corrected chi connectivity index (χ1v) is 9.26. The van der Waals surface area contributed by atoms with Gasteiger partial charge < -0.3 is 14.8 Å². The molecule has 0 bridgehead atoms. The molecule has 2 aromatic carbocycles. The zero-order valence-corrected chi connectivity index (χ0v) is 16.2. The quantitative estimate of drug-likeness (QED) is 0.573. The van der Waals surface area contributed by atoms with Gasteiger partial charge in [-0.05, 0) is 17.7 Å². The van der Waals surface area contributed by atoms with E-state index in [0.29, 0.717) is 11.4 Å². The molecule has 0 aliphatic carbocycles. The van der Waals surface area contributed by atoms with Crippen LogP contribution in [0.2, 0.25) is 0 Å². The molecule has 1 amide bonds. The molecule has 1 atom stereocenters. The van der Waals surface area contributed by atoms with Crippen molar-refractivity contribution < 1.29 is 31.8 Å². The van der Waals surface area contributed by atoms with Gasteiger partial charge in [0.05, 0.1) is 18.9 Å². The maximum atomic E-state index is 15.0. The SMILES string of the molecule is COc1cc(C2CC(=O)Nc3[nH]ncc32)c(F)cc1OCc1ccccc1C(F)(F)F. The molecule has 1 unspecified atom stereocenters. The number of alkyl halides is 3. The number of hydrogen-bond donors (Lipinski definition) is 2. The molecule has 0 spiro atoms. The van der Waals surface area contributed by atoms with Crippen LogP contribution in [0.3, 0.4) is 0 Å². The standard InChI is InChI=1S/C21H17F4N3O3/c1-30-17-6-13(12-7-19(29)27-20-14(12)9-26-28-20)16(22)8-18(17)31-10-11-4-2-3-5-15(11)21(23,24)25/h2-6,8-9,12H,7,10H2,1H3,(H2,26,27,28,29). The topological polar surface area (TPSA) is 76.2 Å². The molecule has 2 heterocycles. The number of H-pyrrole nitrogens is 1. The van der Waals surface area contributed by atoms with E-state index in [4.69, 9.17) is 9.47 Å². The predicted octanol–water partition coefficient (Wildman–Crippen LogP) is 4.63. The van der Waals surface area contributed by atoms with Crippen molar-refractivity contribution in [2.45, 2.75) is 25.1 Å². The number of halogens is 4. The minimum atomic E-state index is -4.54. The van der Waals surface area contributed by atoms with Crippen LogP contribution in [0.5, 0.6) is 11.5 Å². The number of nitrogens with one attached hydrogen (secondary N) is 2. The molecule has 2 N–H and O–H groups in total. The van der Waals surface area contributed by atoms with E-state index < -0.39 is 30.1 Å². The molecular weight excluding hydrogens is 418 g/mol. The molecule has 4 rings (SSSR count). The average Bonchev–Trinajstić information content (AvgIpc) is 3.19. The molecule has 1 aromatic heterocycles. The molecule has 0 radical (unpaired) electrons. The van der Waals surface area contributed by atoms with Crippen LogP contribution >= 0.6 is 0 Å². The minimum Gasteiger partial charge on any atom is -0.493 e. The van der Waals surface area contributed by atoms with Crippen molar-refractivity contribution in [3.8, 4) is 11.5 Å². The molecule has 0 fully saturated rings. The first-order chi connectivity index (χ1) is 14.8. The van der Waals surface area contributed by atoms with Crippen molar-refractivity contribution >= 4 is 11.7 Å². The van der Waals surface area contributed by atoms with E-state index in [9.17, 15) is 22.4 Å². The largest absolute Gasteiger partial charge is 0.493 e. The summed E-state index contributed by atoms with van der Waals surface area (Å²) in [5.74, 6) is -1.10. The van der Waals surface area contributed by atoms with Crippen molar-refractivity contribution in [1.29, 1.82) is 0 Å². The second-order valence-electron chi connectivity index (χ2n) is 6.97. The van der Waals surface area contributed by atoms with Gasteiger partial charge in [0, 0.05) is 29.5 Å². The highest BCUT2D eigenvalue weighted by Gasteiger charge is 2.33. The van der Waals surface area contributed by atoms with E-state index in [1.54, 1.807) is 0 Å². The van der Waals surface area contributed by atoms with Crippen molar-refractivity contribution in [3.63, 3.8) is 0 Å². The number of fused-ring (bicyclic) bond motifs is 1. The lowest BCUT2D eigenvalue weighted by molar-refractivity contribution is -0.138. The fourth-order valence-electron chi connectivity index (χ4n) is 3.59. The Morgan fingerprint density at radius 3 is 2.68 bits per heavy atom. The minimum absolute atomic E-state index is 0.00572. The molecule has 1 aliphatic heterocycles. The number of benzene rings is 2. The number of methoxy groups -OCH3 is 1. The Kier molecular flexibility index (Phi) is 5.30. The van der Waals surface area contributed by atoms with Gasteiger partial charge in [-0.1, -0.05) is 18.2 Å². The number of ether oxygens (including phenoxy) is 2. The number of nitrogens with zero attached hydrogens (tertiary/aromatic N) is 1. The zero-order valence-electron chi connectivity index (χ0n) is 16.2. The number of hydrogen-bond acceptors (Lipinski definition) is 4. The average molecular weight is 435 g/mol. The van der Waals surface area contributed by atoms with Crippen LogP contribution in [-0.2, 0) is 17.6 Å². The fraction of sp³-hybridized carbons (Fsp3) is 0.238. The monoisotopic (exact) mass is 435 g/mol. The second-order valence-corrected chi connectivity index (χ2v) is 6.97. The fourth-order valence-corrected chi connectivity index (χ4v) is 3.59. The first kappa shape index (κ1) is 20.7. The van der Waals surface area contributed by atoms with Crippen LogP contribution < -0.4 is 14.8 Å². The molecule has 3 aromatic rings. The summed E-state index contributed by atoms with van der Waals surface area (Å²) in [5.41, 5.74) is -0.106. The summed E-state index contributed by atoms with van der Waals surface area (Å²) in [6, 6.07) is 7.44. The molecular formula is C21H17F4N3O3. The summed E-state index contributed by atoms with van der Waals surface area (Å²) in [6.45, 7) is -0.428. The lowest BCUT2D eigenvalue weighted by Crippen LogP contribution is -2.23. The van der Waals surface area contributed by atoms with Gasteiger partial charge in [-0.25, -0.2) is 4.39 Å². The van der Waals surface area contributed by atoms with Crippen LogP contribution in [-0.4, -0.2) is 23.2 Å². The smallest absolute Gasteiger partial charge is 0.416 e. The number of aromatic nitrogens is 2. The highest BCUT2D eigenvalue weighted by molar-refractivity contribution is 5.94. The van der Waals surface area contributed by atoms with Crippen LogP contribution in [0.1, 0.15) is 34.6 Å². The van der Waals surface area contributed by atoms with Gasteiger partial charge in [0.1, 0.15) is 18.2 Å². The lowest BCUT2D eigenvalue weighted by atomic mass is 9.87. The van der Waals surface area contributed by atoms with Gasteiger partial charge >= 0.3 is 6.18 Å². The Labute approximate surface area is 174 Å². The van der Waals surface area contributed by atoms with Crippen molar-refractivity contribution in [2.24, 2.45) is 0 Å². The summed E-state index contributed by atoms with van der Waals surface area (Å²) in [6.07, 6.45) is -3.03. The first-order valence-electron chi connectivity index (χ1n) is 9.26. The van der Waals surface area contributed by atoms with E-state index in [0.717, 1.165) is 12.1 Å². The third-order valence-electron chi connectivity index (χ3n) is 5.06.